The van der Waals surface area contributed by atoms with Gasteiger partial charge in [0.25, 0.3) is 11.8 Å². The van der Waals surface area contributed by atoms with E-state index in [0.717, 1.165) is 25.9 Å². The summed E-state index contributed by atoms with van der Waals surface area (Å²) in [6.45, 7) is 3.34. The van der Waals surface area contributed by atoms with E-state index in [4.69, 9.17) is 4.52 Å². The molecule has 114 valence electrons. The molecule has 2 aromatic rings. The fraction of sp³-hybridized carbons (Fsp3) is 0.312. The van der Waals surface area contributed by atoms with Crippen LogP contribution in [0.5, 0.6) is 0 Å². The van der Waals surface area contributed by atoms with E-state index in [2.05, 4.69) is 10.5 Å². The number of aromatic nitrogens is 1. The van der Waals surface area contributed by atoms with Gasteiger partial charge in [-0.05, 0) is 38.0 Å². The second-order valence-corrected chi connectivity index (χ2v) is 5.37. The maximum absolute atomic E-state index is 12.3. The van der Waals surface area contributed by atoms with Gasteiger partial charge in [0, 0.05) is 30.4 Å². The lowest BCUT2D eigenvalue weighted by atomic mass is 10.1. The third kappa shape index (κ3) is 3.00. The summed E-state index contributed by atoms with van der Waals surface area (Å²) in [5, 5.41) is 6.39. The molecule has 2 heterocycles. The summed E-state index contributed by atoms with van der Waals surface area (Å²) >= 11 is 0. The van der Waals surface area contributed by atoms with Gasteiger partial charge in [-0.25, -0.2) is 0 Å². The summed E-state index contributed by atoms with van der Waals surface area (Å²) in [5.41, 5.74) is 1.78. The van der Waals surface area contributed by atoms with Crippen LogP contribution < -0.4 is 5.32 Å². The smallest absolute Gasteiger partial charge is 0.294 e. The second-order valence-electron chi connectivity index (χ2n) is 5.37. The van der Waals surface area contributed by atoms with Crippen molar-refractivity contribution >= 4 is 17.5 Å². The molecule has 1 aromatic carbocycles. The molecule has 1 aliphatic heterocycles. The van der Waals surface area contributed by atoms with Gasteiger partial charge in [-0.2, -0.15) is 0 Å². The molecule has 0 saturated carbocycles. The van der Waals surface area contributed by atoms with Crippen molar-refractivity contribution in [2.24, 2.45) is 0 Å². The van der Waals surface area contributed by atoms with Gasteiger partial charge in [-0.3, -0.25) is 9.59 Å². The Morgan fingerprint density at radius 3 is 2.68 bits per heavy atom. The molecule has 0 atom stereocenters. The van der Waals surface area contributed by atoms with E-state index in [0.29, 0.717) is 16.9 Å². The van der Waals surface area contributed by atoms with Crippen molar-refractivity contribution in [3.05, 3.63) is 47.3 Å². The second kappa shape index (κ2) is 6.01. The van der Waals surface area contributed by atoms with Crippen LogP contribution in [0.4, 0.5) is 5.69 Å². The number of aryl methyl sites for hydroxylation is 1. The third-order valence-corrected chi connectivity index (χ3v) is 3.61. The predicted molar refractivity (Wildman–Crippen MR) is 80.8 cm³/mol. The molecule has 1 aliphatic rings. The van der Waals surface area contributed by atoms with E-state index < -0.39 is 0 Å². The van der Waals surface area contributed by atoms with Gasteiger partial charge in [0.05, 0.1) is 5.69 Å². The van der Waals surface area contributed by atoms with Gasteiger partial charge in [-0.1, -0.05) is 11.2 Å². The molecular weight excluding hydrogens is 282 g/mol. The van der Waals surface area contributed by atoms with Crippen molar-refractivity contribution in [1.29, 1.82) is 0 Å². The number of carbonyl (C=O) groups is 2. The van der Waals surface area contributed by atoms with E-state index in [1.54, 1.807) is 37.3 Å². The Kier molecular flexibility index (Phi) is 3.91. The summed E-state index contributed by atoms with van der Waals surface area (Å²) < 4.78 is 4.92. The highest BCUT2D eigenvalue weighted by atomic mass is 16.5. The van der Waals surface area contributed by atoms with E-state index in [-0.39, 0.29) is 17.6 Å². The van der Waals surface area contributed by atoms with Gasteiger partial charge in [-0.15, -0.1) is 0 Å². The third-order valence-electron chi connectivity index (χ3n) is 3.61. The molecule has 1 aromatic heterocycles. The minimum Gasteiger partial charge on any atom is -0.351 e. The number of nitrogens with zero attached hydrogens (tertiary/aromatic N) is 2. The summed E-state index contributed by atoms with van der Waals surface area (Å²) in [4.78, 5) is 26.2. The van der Waals surface area contributed by atoms with Crippen LogP contribution in [-0.4, -0.2) is 35.0 Å². The van der Waals surface area contributed by atoms with Crippen molar-refractivity contribution in [2.45, 2.75) is 19.8 Å². The number of rotatable bonds is 3. The maximum atomic E-state index is 12.3. The number of hydrogen-bond donors (Lipinski definition) is 1. The van der Waals surface area contributed by atoms with E-state index in [1.807, 2.05) is 4.90 Å². The molecule has 2 amide bonds. The Morgan fingerprint density at radius 2 is 2.00 bits per heavy atom. The number of carbonyl (C=O) groups excluding carboxylic acids is 2. The number of amides is 2. The molecule has 0 aliphatic carbocycles. The molecule has 22 heavy (non-hydrogen) atoms. The molecule has 0 unspecified atom stereocenters. The van der Waals surface area contributed by atoms with E-state index in [9.17, 15) is 9.59 Å². The molecule has 0 bridgehead atoms. The Labute approximate surface area is 128 Å². The van der Waals surface area contributed by atoms with Crippen molar-refractivity contribution < 1.29 is 14.1 Å². The molecule has 0 spiro atoms. The Morgan fingerprint density at radius 1 is 1.23 bits per heavy atom. The lowest BCUT2D eigenvalue weighted by Gasteiger charge is -2.15. The van der Waals surface area contributed by atoms with Gasteiger partial charge in [0.15, 0.2) is 0 Å². The first kappa shape index (κ1) is 14.3. The first-order valence-corrected chi connectivity index (χ1v) is 7.27. The van der Waals surface area contributed by atoms with Crippen LogP contribution in [0, 0.1) is 6.92 Å². The zero-order valence-electron chi connectivity index (χ0n) is 12.3. The van der Waals surface area contributed by atoms with Gasteiger partial charge >= 0.3 is 0 Å². The van der Waals surface area contributed by atoms with Crippen LogP contribution in [0.15, 0.2) is 34.9 Å². The van der Waals surface area contributed by atoms with E-state index >= 15 is 0 Å². The van der Waals surface area contributed by atoms with Gasteiger partial charge in [0.2, 0.25) is 5.76 Å². The molecular formula is C16H17N3O3. The number of hydrogen-bond acceptors (Lipinski definition) is 4. The zero-order chi connectivity index (χ0) is 15.5. The molecule has 1 fully saturated rings. The monoisotopic (exact) mass is 299 g/mol. The Balaban J connectivity index is 1.73. The standard InChI is InChI=1S/C16H17N3O3/c1-11-9-14(22-18-11)15(20)17-13-6-4-5-12(10-13)16(21)19-7-2-3-8-19/h4-6,9-10H,2-3,7-8H2,1H3,(H,17,20). The fourth-order valence-corrected chi connectivity index (χ4v) is 2.50. The maximum Gasteiger partial charge on any atom is 0.294 e. The van der Waals surface area contributed by atoms with Crippen LogP contribution in [0.1, 0.15) is 39.4 Å². The lowest BCUT2D eigenvalue weighted by molar-refractivity contribution is 0.0792. The highest BCUT2D eigenvalue weighted by Gasteiger charge is 2.20. The Bertz CT molecular complexity index is 702. The van der Waals surface area contributed by atoms with Crippen LogP contribution in [0.2, 0.25) is 0 Å². The van der Waals surface area contributed by atoms with Crippen molar-refractivity contribution in [1.82, 2.24) is 10.1 Å². The predicted octanol–water partition coefficient (Wildman–Crippen LogP) is 2.47. The van der Waals surface area contributed by atoms with Crippen LogP contribution in [-0.2, 0) is 0 Å². The highest BCUT2D eigenvalue weighted by Crippen LogP contribution is 2.17. The number of anilines is 1. The van der Waals surface area contributed by atoms with Crippen LogP contribution in [0.25, 0.3) is 0 Å². The number of benzene rings is 1. The van der Waals surface area contributed by atoms with Crippen molar-refractivity contribution in [2.75, 3.05) is 18.4 Å². The average molecular weight is 299 g/mol. The first-order valence-electron chi connectivity index (χ1n) is 7.27. The van der Waals surface area contributed by atoms with Crippen LogP contribution in [0.3, 0.4) is 0 Å². The number of nitrogens with one attached hydrogen (secondary N) is 1. The zero-order valence-corrected chi connectivity index (χ0v) is 12.3. The normalized spacial score (nSPS) is 14.1. The lowest BCUT2D eigenvalue weighted by Crippen LogP contribution is -2.27. The van der Waals surface area contributed by atoms with Crippen molar-refractivity contribution in [3.63, 3.8) is 0 Å². The first-order chi connectivity index (χ1) is 10.6. The molecule has 1 N–H and O–H groups in total. The molecule has 1 saturated heterocycles. The van der Waals surface area contributed by atoms with Crippen LogP contribution >= 0.6 is 0 Å². The summed E-state index contributed by atoms with van der Waals surface area (Å²) in [7, 11) is 0. The summed E-state index contributed by atoms with van der Waals surface area (Å²) in [5.74, 6) is -0.232. The van der Waals surface area contributed by atoms with E-state index in [1.165, 1.54) is 0 Å². The molecule has 0 radical (unpaired) electrons. The number of likely N-dealkylation sites (tertiary alicyclic amines) is 1. The van der Waals surface area contributed by atoms with Gasteiger partial charge < -0.3 is 14.7 Å². The minimum absolute atomic E-state index is 0.00380. The molecule has 6 heteroatoms. The summed E-state index contributed by atoms with van der Waals surface area (Å²) in [6, 6.07) is 8.50. The quantitative estimate of drug-likeness (QED) is 0.944. The summed E-state index contributed by atoms with van der Waals surface area (Å²) in [6.07, 6.45) is 2.10. The average Bonchev–Trinajstić information content (AvgIpc) is 3.18. The van der Waals surface area contributed by atoms with Gasteiger partial charge in [0.1, 0.15) is 0 Å². The highest BCUT2D eigenvalue weighted by molar-refractivity contribution is 6.03. The minimum atomic E-state index is -0.383. The fourth-order valence-electron chi connectivity index (χ4n) is 2.50. The SMILES string of the molecule is Cc1cc(C(=O)Nc2cccc(C(=O)N3CCCC3)c2)on1. The topological polar surface area (TPSA) is 75.4 Å². The Hall–Kier alpha value is -2.63. The largest absolute Gasteiger partial charge is 0.351 e. The molecule has 6 nitrogen and oxygen atoms in total. The van der Waals surface area contributed by atoms with Crippen molar-refractivity contribution in [3.8, 4) is 0 Å². The molecule has 3 rings (SSSR count).